The number of ether oxygens (including phenoxy) is 1. The molecule has 7 nitrogen and oxygen atoms in total. The highest BCUT2D eigenvalue weighted by atomic mass is 16.5. The van der Waals surface area contributed by atoms with E-state index < -0.39 is 11.9 Å². The van der Waals surface area contributed by atoms with Gasteiger partial charge in [-0.2, -0.15) is 0 Å². The van der Waals surface area contributed by atoms with Crippen LogP contribution < -0.4 is 5.11 Å². The first-order valence-corrected chi connectivity index (χ1v) is 5.96. The van der Waals surface area contributed by atoms with Crippen LogP contribution in [-0.2, 0) is 14.3 Å². The van der Waals surface area contributed by atoms with Gasteiger partial charge >= 0.3 is 5.97 Å². The highest BCUT2D eigenvalue weighted by Crippen LogP contribution is 2.06. The van der Waals surface area contributed by atoms with Crippen LogP contribution in [0.4, 0.5) is 0 Å². The third-order valence-corrected chi connectivity index (χ3v) is 2.76. The average molecular weight is 275 g/mol. The van der Waals surface area contributed by atoms with Gasteiger partial charge in [0.2, 0.25) is 0 Å². The van der Waals surface area contributed by atoms with Crippen molar-refractivity contribution in [2.75, 3.05) is 46.0 Å². The number of carboxylic acids is 1. The van der Waals surface area contributed by atoms with Crippen LogP contribution in [0.25, 0.3) is 0 Å². The van der Waals surface area contributed by atoms with Crippen molar-refractivity contribution < 1.29 is 34.1 Å². The Kier molecular flexibility index (Phi) is 7.97. The summed E-state index contributed by atoms with van der Waals surface area (Å²) in [6.07, 6.45) is 0. The molecule has 0 bridgehead atoms. The lowest BCUT2D eigenvalue weighted by molar-refractivity contribution is -0.923. The van der Waals surface area contributed by atoms with Crippen molar-refractivity contribution in [2.24, 2.45) is 0 Å². The van der Waals surface area contributed by atoms with Gasteiger partial charge in [0, 0.05) is 5.57 Å². The van der Waals surface area contributed by atoms with E-state index in [-0.39, 0.29) is 56.1 Å². The minimum Gasteiger partial charge on any atom is -0.544 e. The summed E-state index contributed by atoms with van der Waals surface area (Å²) in [6.45, 7) is 4.55. The van der Waals surface area contributed by atoms with E-state index in [4.69, 9.17) is 14.9 Å². The van der Waals surface area contributed by atoms with E-state index in [9.17, 15) is 14.7 Å². The van der Waals surface area contributed by atoms with E-state index in [1.54, 1.807) is 0 Å². The maximum atomic E-state index is 11.2. The van der Waals surface area contributed by atoms with Crippen molar-refractivity contribution in [3.8, 4) is 0 Å². The number of nitrogens with zero attached hydrogens (tertiary/aromatic N) is 1. The molecule has 0 saturated carbocycles. The standard InChI is InChI=1S/C12H21NO6/c1-10(2)12(18)19-8-5-13(3-6-14,4-7-15)9-11(16)17/h14-15H,1,3-9H2,2H3. The summed E-state index contributed by atoms with van der Waals surface area (Å²) in [5.74, 6) is -1.84. The molecule has 0 fully saturated rings. The van der Waals surface area contributed by atoms with Gasteiger partial charge in [-0.3, -0.25) is 0 Å². The van der Waals surface area contributed by atoms with Gasteiger partial charge in [-0.25, -0.2) is 4.79 Å². The molecule has 0 unspecified atom stereocenters. The maximum absolute atomic E-state index is 11.2. The third-order valence-electron chi connectivity index (χ3n) is 2.76. The minimum absolute atomic E-state index is 0.0149. The van der Waals surface area contributed by atoms with Gasteiger partial charge in [-0.05, 0) is 6.92 Å². The SMILES string of the molecule is C=C(C)C(=O)OCC[N+](CCO)(CCO)CC(=O)[O-]. The Bertz CT molecular complexity index is 322. The van der Waals surface area contributed by atoms with E-state index in [1.165, 1.54) is 6.92 Å². The highest BCUT2D eigenvalue weighted by Gasteiger charge is 2.27. The quantitative estimate of drug-likeness (QED) is 0.263. The fraction of sp³-hybridized carbons (Fsp3) is 0.667. The Hall–Kier alpha value is -1.44. The second-order valence-corrected chi connectivity index (χ2v) is 4.41. The van der Waals surface area contributed by atoms with Gasteiger partial charge in [0.1, 0.15) is 32.8 Å². The van der Waals surface area contributed by atoms with Crippen LogP contribution in [-0.4, -0.2) is 72.6 Å². The smallest absolute Gasteiger partial charge is 0.333 e. The molecule has 0 aromatic rings. The molecule has 0 saturated heterocycles. The number of hydrogen-bond donors (Lipinski definition) is 2. The molecule has 0 aromatic heterocycles. The number of carboxylic acid groups (broad SMARTS) is 1. The topological polar surface area (TPSA) is 107 Å². The van der Waals surface area contributed by atoms with Gasteiger partial charge in [-0.1, -0.05) is 6.58 Å². The Morgan fingerprint density at radius 3 is 2.11 bits per heavy atom. The summed E-state index contributed by atoms with van der Waals surface area (Å²) in [5, 5.41) is 28.8. The Morgan fingerprint density at radius 2 is 1.74 bits per heavy atom. The van der Waals surface area contributed by atoms with Gasteiger partial charge in [0.15, 0.2) is 0 Å². The van der Waals surface area contributed by atoms with Crippen LogP contribution in [0.1, 0.15) is 6.92 Å². The van der Waals surface area contributed by atoms with Crippen LogP contribution in [0.5, 0.6) is 0 Å². The molecule has 0 aliphatic rings. The summed E-state index contributed by atoms with van der Waals surface area (Å²) < 4.78 is 4.80. The minimum atomic E-state index is -1.28. The average Bonchev–Trinajstić information content (AvgIpc) is 2.28. The molecule has 0 heterocycles. The molecule has 0 aliphatic heterocycles. The Morgan fingerprint density at radius 1 is 1.21 bits per heavy atom. The number of rotatable bonds is 10. The fourth-order valence-corrected chi connectivity index (χ4v) is 1.73. The maximum Gasteiger partial charge on any atom is 0.333 e. The number of aliphatic hydroxyl groups is 2. The molecule has 0 atom stereocenters. The van der Waals surface area contributed by atoms with Crippen LogP contribution >= 0.6 is 0 Å². The second kappa shape index (κ2) is 8.63. The molecule has 0 amide bonds. The largest absolute Gasteiger partial charge is 0.544 e. The highest BCUT2D eigenvalue weighted by molar-refractivity contribution is 5.86. The fourth-order valence-electron chi connectivity index (χ4n) is 1.73. The molecule has 2 N–H and O–H groups in total. The molecule has 110 valence electrons. The van der Waals surface area contributed by atoms with Gasteiger partial charge in [0.25, 0.3) is 0 Å². The molecule has 0 aliphatic carbocycles. The monoisotopic (exact) mass is 275 g/mol. The Labute approximate surface area is 112 Å². The molecule has 7 heteroatoms. The van der Waals surface area contributed by atoms with Crippen molar-refractivity contribution >= 4 is 11.9 Å². The Balaban J connectivity index is 4.58. The molecular weight excluding hydrogens is 254 g/mol. The van der Waals surface area contributed by atoms with Crippen LogP contribution in [0.3, 0.4) is 0 Å². The lowest BCUT2D eigenvalue weighted by Gasteiger charge is -2.37. The van der Waals surface area contributed by atoms with Crippen LogP contribution in [0.15, 0.2) is 12.2 Å². The summed E-state index contributed by atoms with van der Waals surface area (Å²) in [4.78, 5) is 22.0. The predicted molar refractivity (Wildman–Crippen MR) is 64.7 cm³/mol. The summed E-state index contributed by atoms with van der Waals surface area (Å²) >= 11 is 0. The number of hydrogen-bond acceptors (Lipinski definition) is 6. The lowest BCUT2D eigenvalue weighted by atomic mass is 10.3. The van der Waals surface area contributed by atoms with Gasteiger partial charge in [-0.15, -0.1) is 0 Å². The van der Waals surface area contributed by atoms with E-state index in [0.29, 0.717) is 0 Å². The molecule has 0 radical (unpaired) electrons. The van der Waals surface area contributed by atoms with Crippen molar-refractivity contribution in [1.29, 1.82) is 0 Å². The zero-order valence-electron chi connectivity index (χ0n) is 11.1. The normalized spacial score (nSPS) is 11.1. The summed E-state index contributed by atoms with van der Waals surface area (Å²) in [7, 11) is 0. The number of carbonyl (C=O) groups excluding carboxylic acids is 2. The molecule has 0 aromatic carbocycles. The molecule has 19 heavy (non-hydrogen) atoms. The van der Waals surface area contributed by atoms with E-state index in [1.807, 2.05) is 0 Å². The zero-order chi connectivity index (χ0) is 14.9. The zero-order valence-corrected chi connectivity index (χ0v) is 11.1. The predicted octanol–water partition coefficient (Wildman–Crippen LogP) is -2.34. The van der Waals surface area contributed by atoms with Crippen molar-refractivity contribution in [3.63, 3.8) is 0 Å². The van der Waals surface area contributed by atoms with Gasteiger partial charge < -0.3 is 29.3 Å². The lowest BCUT2D eigenvalue weighted by Crippen LogP contribution is -2.58. The first-order valence-electron chi connectivity index (χ1n) is 5.96. The van der Waals surface area contributed by atoms with E-state index >= 15 is 0 Å². The first-order chi connectivity index (χ1) is 8.87. The number of aliphatic hydroxyl groups excluding tert-OH is 2. The van der Waals surface area contributed by atoms with Gasteiger partial charge in [0.05, 0.1) is 19.2 Å². The number of carbonyl (C=O) groups is 2. The van der Waals surface area contributed by atoms with Crippen LogP contribution in [0, 0.1) is 0 Å². The number of esters is 1. The number of aliphatic carboxylic acids is 1. The molecular formula is C12H21NO6. The van der Waals surface area contributed by atoms with E-state index in [0.717, 1.165) is 0 Å². The second-order valence-electron chi connectivity index (χ2n) is 4.41. The molecule has 0 rings (SSSR count). The van der Waals surface area contributed by atoms with Crippen molar-refractivity contribution in [2.45, 2.75) is 6.92 Å². The third kappa shape index (κ3) is 6.90. The summed E-state index contributed by atoms with van der Waals surface area (Å²) in [6, 6.07) is 0. The number of quaternary nitrogens is 1. The summed E-state index contributed by atoms with van der Waals surface area (Å²) in [5.41, 5.74) is 0.252. The van der Waals surface area contributed by atoms with E-state index in [2.05, 4.69) is 6.58 Å². The van der Waals surface area contributed by atoms with Crippen LogP contribution in [0.2, 0.25) is 0 Å². The van der Waals surface area contributed by atoms with Crippen molar-refractivity contribution in [3.05, 3.63) is 12.2 Å². The molecule has 0 spiro atoms. The van der Waals surface area contributed by atoms with Crippen molar-refractivity contribution in [1.82, 2.24) is 0 Å². The first kappa shape index (κ1) is 17.6.